The van der Waals surface area contributed by atoms with E-state index in [1.54, 1.807) is 5.01 Å². The number of hydrogen-bond acceptors (Lipinski definition) is 4. The fourth-order valence-corrected chi connectivity index (χ4v) is 6.60. The van der Waals surface area contributed by atoms with Crippen LogP contribution in [0.2, 0.25) is 0 Å². The minimum Gasteiger partial charge on any atom is -0.487 e. The summed E-state index contributed by atoms with van der Waals surface area (Å²) < 4.78 is 10.7. The number of aromatic nitrogens is 1. The Bertz CT molecular complexity index is 1190. The summed E-state index contributed by atoms with van der Waals surface area (Å²) in [5.74, 6) is 0.642. The lowest BCUT2D eigenvalue weighted by Gasteiger charge is -2.20. The highest BCUT2D eigenvalue weighted by atomic mass is 127. The molecule has 1 aromatic heterocycles. The summed E-state index contributed by atoms with van der Waals surface area (Å²) in [5, 5.41) is 1.57. The lowest BCUT2D eigenvalue weighted by molar-refractivity contribution is -0.114. The predicted molar refractivity (Wildman–Crippen MR) is 148 cm³/mol. The number of benzene rings is 2. The van der Waals surface area contributed by atoms with Crippen molar-refractivity contribution < 1.29 is 9.53 Å². The van der Waals surface area contributed by atoms with Gasteiger partial charge in [0.25, 0.3) is 5.91 Å². The van der Waals surface area contributed by atoms with Crippen molar-refractivity contribution >= 4 is 85.5 Å². The molecule has 2 heterocycles. The molecule has 8 heteroatoms. The number of thioether (sulfide) groups is 1. The van der Waals surface area contributed by atoms with Crippen molar-refractivity contribution in [1.82, 2.24) is 4.68 Å². The number of aryl methyl sites for hydroxylation is 2. The second-order valence-corrected chi connectivity index (χ2v) is 11.1. The van der Waals surface area contributed by atoms with Crippen molar-refractivity contribution in [2.75, 3.05) is 5.01 Å². The number of ether oxygens (including phenoxy) is 1. The zero-order chi connectivity index (χ0) is 22.1. The van der Waals surface area contributed by atoms with Crippen molar-refractivity contribution in [1.29, 1.82) is 0 Å². The lowest BCUT2D eigenvalue weighted by Crippen LogP contribution is -2.39. The van der Waals surface area contributed by atoms with Crippen LogP contribution in [0.1, 0.15) is 22.5 Å². The quantitative estimate of drug-likeness (QED) is 0.178. The summed E-state index contributed by atoms with van der Waals surface area (Å²) in [6.07, 6.45) is 1.89. The van der Waals surface area contributed by atoms with Crippen molar-refractivity contribution in [3.05, 3.63) is 89.2 Å². The van der Waals surface area contributed by atoms with Gasteiger partial charge in [-0.3, -0.25) is 9.47 Å². The minimum absolute atomic E-state index is 0.125. The highest BCUT2D eigenvalue weighted by Crippen LogP contribution is 2.36. The number of hydrogen-bond donors (Lipinski definition) is 0. The monoisotopic (exact) mass is 672 g/mol. The maximum Gasteiger partial charge on any atom is 0.285 e. The Morgan fingerprint density at radius 2 is 1.74 bits per heavy atom. The van der Waals surface area contributed by atoms with Gasteiger partial charge in [0.2, 0.25) is 0 Å². The third kappa shape index (κ3) is 4.86. The number of halogens is 2. The highest BCUT2D eigenvalue weighted by molar-refractivity contribution is 14.1. The van der Waals surface area contributed by atoms with Crippen LogP contribution in [-0.4, -0.2) is 14.9 Å². The molecule has 1 amide bonds. The molecular formula is C23H18I2N2O2S2. The number of carbonyl (C=O) groups is 1. The van der Waals surface area contributed by atoms with Crippen LogP contribution in [0.15, 0.2) is 59.5 Å². The normalized spacial score (nSPS) is 15.2. The van der Waals surface area contributed by atoms with Gasteiger partial charge >= 0.3 is 0 Å². The van der Waals surface area contributed by atoms with E-state index in [1.165, 1.54) is 11.8 Å². The molecule has 0 atom stereocenters. The second-order valence-electron chi connectivity index (χ2n) is 7.00. The van der Waals surface area contributed by atoms with E-state index in [0.29, 0.717) is 15.8 Å². The van der Waals surface area contributed by atoms with Gasteiger partial charge in [-0.25, -0.2) is 0 Å². The molecule has 2 aromatic carbocycles. The fourth-order valence-electron chi connectivity index (χ4n) is 3.32. The molecule has 1 aliphatic rings. The predicted octanol–water partition coefficient (Wildman–Crippen LogP) is 6.43. The molecule has 4 rings (SSSR count). The number of amides is 1. The number of carbonyl (C=O) groups excluding carboxylic acids is 1. The van der Waals surface area contributed by atoms with Gasteiger partial charge in [-0.1, -0.05) is 42.1 Å². The van der Waals surface area contributed by atoms with E-state index >= 15 is 0 Å². The van der Waals surface area contributed by atoms with Gasteiger partial charge in [0.15, 0.2) is 4.32 Å². The van der Waals surface area contributed by atoms with Gasteiger partial charge in [0, 0.05) is 20.5 Å². The lowest BCUT2D eigenvalue weighted by atomic mass is 10.1. The van der Waals surface area contributed by atoms with Gasteiger partial charge in [-0.05, 0) is 107 Å². The van der Waals surface area contributed by atoms with Gasteiger partial charge < -0.3 is 4.74 Å². The van der Waals surface area contributed by atoms with Crippen molar-refractivity contribution in [2.45, 2.75) is 20.5 Å². The third-order valence-electron chi connectivity index (χ3n) is 4.76. The number of nitrogens with zero attached hydrogens (tertiary/aromatic N) is 2. The molecular weight excluding hydrogens is 654 g/mol. The molecule has 158 valence electrons. The van der Waals surface area contributed by atoms with Crippen LogP contribution in [0.25, 0.3) is 6.08 Å². The summed E-state index contributed by atoms with van der Waals surface area (Å²) in [4.78, 5) is 13.9. The summed E-state index contributed by atoms with van der Waals surface area (Å²) in [5.41, 5.74) is 3.89. The van der Waals surface area contributed by atoms with Crippen molar-refractivity contribution in [3.63, 3.8) is 0 Å². The van der Waals surface area contributed by atoms with Crippen molar-refractivity contribution in [3.8, 4) is 5.75 Å². The first-order valence-electron chi connectivity index (χ1n) is 9.44. The van der Waals surface area contributed by atoms with Crippen LogP contribution in [0.3, 0.4) is 0 Å². The van der Waals surface area contributed by atoms with Crippen LogP contribution in [0.5, 0.6) is 5.75 Å². The van der Waals surface area contributed by atoms with Crippen LogP contribution in [-0.2, 0) is 11.4 Å². The zero-order valence-corrected chi connectivity index (χ0v) is 22.7. The Hall–Kier alpha value is -1.37. The van der Waals surface area contributed by atoms with E-state index in [-0.39, 0.29) is 5.91 Å². The third-order valence-corrected chi connectivity index (χ3v) is 7.46. The molecule has 0 unspecified atom stereocenters. The van der Waals surface area contributed by atoms with E-state index in [9.17, 15) is 4.79 Å². The first-order chi connectivity index (χ1) is 14.8. The standard InChI is InChI=1S/C23H18I2N2O2S2/c1-14-8-9-15(2)26(14)27-22(28)20(31-23(27)30)11-17-10-18(24)12-19(25)21(17)29-13-16-6-4-3-5-7-16/h3-12H,13H2,1-2H3/b20-11+. The van der Waals surface area contributed by atoms with E-state index < -0.39 is 0 Å². The molecule has 3 aromatic rings. The summed E-state index contributed by atoms with van der Waals surface area (Å²) in [6, 6.07) is 18.1. The number of thiocarbonyl (C=S) groups is 1. The molecule has 1 fully saturated rings. The Balaban J connectivity index is 1.68. The van der Waals surface area contributed by atoms with Crippen LogP contribution >= 0.6 is 69.2 Å². The Labute approximate surface area is 218 Å². The fraction of sp³-hybridized carbons (Fsp3) is 0.130. The Morgan fingerprint density at radius 3 is 2.42 bits per heavy atom. The zero-order valence-electron chi connectivity index (χ0n) is 16.8. The maximum absolute atomic E-state index is 13.3. The molecule has 0 N–H and O–H groups in total. The maximum atomic E-state index is 13.3. The Kier molecular flexibility index (Phi) is 7.09. The second kappa shape index (κ2) is 9.63. The van der Waals surface area contributed by atoms with E-state index in [2.05, 4.69) is 51.2 Å². The summed E-state index contributed by atoms with van der Waals surface area (Å²) in [7, 11) is 0. The van der Waals surface area contributed by atoms with Crippen LogP contribution in [0.4, 0.5) is 0 Å². The van der Waals surface area contributed by atoms with E-state index in [0.717, 1.165) is 35.4 Å². The SMILES string of the molecule is Cc1ccc(C)n1N1C(=O)/C(=C\c2cc(I)cc(I)c2OCc2ccccc2)SC1=S. The minimum atomic E-state index is -0.125. The summed E-state index contributed by atoms with van der Waals surface area (Å²) in [6.45, 7) is 4.39. The average molecular weight is 672 g/mol. The van der Waals surface area contributed by atoms with Crippen molar-refractivity contribution in [2.24, 2.45) is 0 Å². The largest absolute Gasteiger partial charge is 0.487 e. The van der Waals surface area contributed by atoms with Crippen LogP contribution in [0, 0.1) is 21.0 Å². The van der Waals surface area contributed by atoms with E-state index in [4.69, 9.17) is 17.0 Å². The average Bonchev–Trinajstić information content (AvgIpc) is 3.19. The first kappa shape index (κ1) is 22.8. The summed E-state index contributed by atoms with van der Waals surface area (Å²) >= 11 is 11.4. The first-order valence-corrected chi connectivity index (χ1v) is 12.8. The molecule has 31 heavy (non-hydrogen) atoms. The molecule has 0 spiro atoms. The molecule has 1 saturated heterocycles. The molecule has 0 radical (unpaired) electrons. The molecule has 0 bridgehead atoms. The highest BCUT2D eigenvalue weighted by Gasteiger charge is 2.35. The molecule has 0 aliphatic carbocycles. The topological polar surface area (TPSA) is 34.5 Å². The Morgan fingerprint density at radius 1 is 1.06 bits per heavy atom. The smallest absolute Gasteiger partial charge is 0.285 e. The molecule has 1 aliphatic heterocycles. The van der Waals surface area contributed by atoms with Crippen LogP contribution < -0.4 is 9.75 Å². The number of rotatable bonds is 5. The molecule has 4 nitrogen and oxygen atoms in total. The van der Waals surface area contributed by atoms with Gasteiger partial charge in [0.1, 0.15) is 12.4 Å². The molecule has 0 saturated carbocycles. The van der Waals surface area contributed by atoms with Gasteiger partial charge in [-0.15, -0.1) is 0 Å². The van der Waals surface area contributed by atoms with Gasteiger partial charge in [0.05, 0.1) is 8.48 Å². The van der Waals surface area contributed by atoms with E-state index in [1.807, 2.05) is 73.1 Å². The van der Waals surface area contributed by atoms with Gasteiger partial charge in [-0.2, -0.15) is 5.01 Å².